The Kier molecular flexibility index (Phi) is 4.26. The lowest BCUT2D eigenvalue weighted by atomic mass is 9.92. The highest BCUT2D eigenvalue weighted by Crippen LogP contribution is 2.33. The molecule has 0 aromatic heterocycles. The second-order valence-corrected chi connectivity index (χ2v) is 4.81. The predicted molar refractivity (Wildman–Crippen MR) is 70.8 cm³/mol. The molecule has 0 bridgehead atoms. The molecular weight excluding hydrogens is 236 g/mol. The molecular formula is C13H19ClN2O. The quantitative estimate of drug-likeness (QED) is 0.865. The van der Waals surface area contributed by atoms with Crippen LogP contribution >= 0.6 is 11.6 Å². The lowest BCUT2D eigenvalue weighted by Gasteiger charge is -2.24. The van der Waals surface area contributed by atoms with Crippen LogP contribution in [0, 0.1) is 5.92 Å². The number of ether oxygens (including phenoxy) is 1. The first-order valence-corrected chi connectivity index (χ1v) is 6.35. The molecule has 1 aliphatic heterocycles. The highest BCUT2D eigenvalue weighted by molar-refractivity contribution is 6.31. The van der Waals surface area contributed by atoms with Crippen LogP contribution in [-0.2, 0) is 0 Å². The molecule has 94 valence electrons. The molecule has 2 unspecified atom stereocenters. The summed E-state index contributed by atoms with van der Waals surface area (Å²) in [4.78, 5) is 0. The van der Waals surface area contributed by atoms with Gasteiger partial charge in [-0.3, -0.25) is 0 Å². The van der Waals surface area contributed by atoms with Crippen molar-refractivity contribution in [3.63, 3.8) is 0 Å². The Bertz CT molecular complexity index is 378. The van der Waals surface area contributed by atoms with Crippen molar-refractivity contribution in [3.05, 3.63) is 28.8 Å². The van der Waals surface area contributed by atoms with Crippen molar-refractivity contribution in [2.24, 2.45) is 5.92 Å². The maximum absolute atomic E-state index is 6.32. The van der Waals surface area contributed by atoms with E-state index in [0.29, 0.717) is 12.0 Å². The third kappa shape index (κ3) is 2.73. The van der Waals surface area contributed by atoms with Gasteiger partial charge in [-0.2, -0.15) is 0 Å². The average Bonchev–Trinajstić information content (AvgIpc) is 2.85. The van der Waals surface area contributed by atoms with Gasteiger partial charge in [0.05, 0.1) is 7.11 Å². The van der Waals surface area contributed by atoms with Gasteiger partial charge in [0.2, 0.25) is 0 Å². The van der Waals surface area contributed by atoms with Crippen molar-refractivity contribution in [3.8, 4) is 5.75 Å². The molecule has 0 saturated carbocycles. The van der Waals surface area contributed by atoms with Gasteiger partial charge in [0.25, 0.3) is 0 Å². The Balaban J connectivity index is 2.23. The molecule has 3 nitrogen and oxygen atoms in total. The number of rotatable bonds is 4. The number of hydrogen-bond donors (Lipinski definition) is 2. The minimum Gasteiger partial charge on any atom is -0.497 e. The Hall–Kier alpha value is -0.770. The second kappa shape index (κ2) is 5.71. The molecule has 2 rings (SSSR count). The lowest BCUT2D eigenvalue weighted by molar-refractivity contribution is 0.404. The summed E-state index contributed by atoms with van der Waals surface area (Å²) in [5, 5.41) is 7.54. The van der Waals surface area contributed by atoms with Crippen LogP contribution < -0.4 is 15.4 Å². The van der Waals surface area contributed by atoms with Crippen LogP contribution in [0.2, 0.25) is 5.02 Å². The first-order chi connectivity index (χ1) is 8.26. The third-order valence-corrected chi connectivity index (χ3v) is 3.75. The SMILES string of the molecule is CNC(c1ccc(OC)cc1Cl)C1CCNC1. The molecule has 0 radical (unpaired) electrons. The fourth-order valence-electron chi connectivity index (χ4n) is 2.49. The van der Waals surface area contributed by atoms with Gasteiger partial charge in [-0.25, -0.2) is 0 Å². The molecule has 2 atom stereocenters. The van der Waals surface area contributed by atoms with Gasteiger partial charge in [-0.1, -0.05) is 17.7 Å². The van der Waals surface area contributed by atoms with E-state index in [2.05, 4.69) is 16.7 Å². The van der Waals surface area contributed by atoms with E-state index < -0.39 is 0 Å². The molecule has 1 aromatic carbocycles. The Labute approximate surface area is 107 Å². The summed E-state index contributed by atoms with van der Waals surface area (Å²) >= 11 is 6.32. The average molecular weight is 255 g/mol. The van der Waals surface area contributed by atoms with Crippen LogP contribution in [0.1, 0.15) is 18.0 Å². The summed E-state index contributed by atoms with van der Waals surface area (Å²) < 4.78 is 5.17. The van der Waals surface area contributed by atoms with E-state index in [-0.39, 0.29) is 0 Å². The predicted octanol–water partition coefficient (Wildman–Crippen LogP) is 2.22. The number of halogens is 1. The van der Waals surface area contributed by atoms with Gasteiger partial charge in [-0.15, -0.1) is 0 Å². The van der Waals surface area contributed by atoms with E-state index in [0.717, 1.165) is 29.4 Å². The zero-order valence-electron chi connectivity index (χ0n) is 10.3. The molecule has 1 saturated heterocycles. The van der Waals surface area contributed by atoms with Crippen molar-refractivity contribution in [2.75, 3.05) is 27.2 Å². The largest absolute Gasteiger partial charge is 0.497 e. The van der Waals surface area contributed by atoms with Crippen LogP contribution in [0.4, 0.5) is 0 Å². The van der Waals surface area contributed by atoms with Crippen molar-refractivity contribution in [2.45, 2.75) is 12.5 Å². The van der Waals surface area contributed by atoms with E-state index in [1.54, 1.807) is 7.11 Å². The van der Waals surface area contributed by atoms with Crippen LogP contribution in [-0.4, -0.2) is 27.2 Å². The zero-order valence-corrected chi connectivity index (χ0v) is 11.1. The van der Waals surface area contributed by atoms with Gasteiger partial charge >= 0.3 is 0 Å². The molecule has 0 amide bonds. The Morgan fingerprint density at radius 3 is 2.88 bits per heavy atom. The zero-order chi connectivity index (χ0) is 12.3. The van der Waals surface area contributed by atoms with E-state index in [1.807, 2.05) is 19.2 Å². The standard InChI is InChI=1S/C13H19ClN2O/c1-15-13(9-5-6-16-8-9)11-4-3-10(17-2)7-12(11)14/h3-4,7,9,13,15-16H,5-6,8H2,1-2H3. The molecule has 1 heterocycles. The van der Waals surface area contributed by atoms with E-state index in [4.69, 9.17) is 16.3 Å². The Morgan fingerprint density at radius 1 is 1.53 bits per heavy atom. The number of nitrogens with one attached hydrogen (secondary N) is 2. The summed E-state index contributed by atoms with van der Waals surface area (Å²) in [5.74, 6) is 1.41. The summed E-state index contributed by atoms with van der Waals surface area (Å²) in [5.41, 5.74) is 1.16. The van der Waals surface area contributed by atoms with Gasteiger partial charge < -0.3 is 15.4 Å². The van der Waals surface area contributed by atoms with Crippen molar-refractivity contribution in [1.29, 1.82) is 0 Å². The molecule has 1 aliphatic rings. The van der Waals surface area contributed by atoms with E-state index in [9.17, 15) is 0 Å². The fourth-order valence-corrected chi connectivity index (χ4v) is 2.78. The molecule has 4 heteroatoms. The minimum atomic E-state index is 0.309. The summed E-state index contributed by atoms with van der Waals surface area (Å²) in [6.45, 7) is 2.14. The summed E-state index contributed by atoms with van der Waals surface area (Å²) in [6, 6.07) is 6.21. The summed E-state index contributed by atoms with van der Waals surface area (Å²) in [6.07, 6.45) is 1.19. The first kappa shape index (κ1) is 12.7. The lowest BCUT2D eigenvalue weighted by Crippen LogP contribution is -2.27. The van der Waals surface area contributed by atoms with Gasteiger partial charge in [0.1, 0.15) is 5.75 Å². The number of methoxy groups -OCH3 is 1. The second-order valence-electron chi connectivity index (χ2n) is 4.41. The van der Waals surface area contributed by atoms with Gasteiger partial charge in [0, 0.05) is 11.1 Å². The number of hydrogen-bond acceptors (Lipinski definition) is 3. The maximum atomic E-state index is 6.32. The summed E-state index contributed by atoms with van der Waals surface area (Å²) in [7, 11) is 3.64. The first-order valence-electron chi connectivity index (χ1n) is 5.97. The topological polar surface area (TPSA) is 33.3 Å². The molecule has 0 spiro atoms. The van der Waals surface area contributed by atoms with Crippen molar-refractivity contribution < 1.29 is 4.74 Å². The van der Waals surface area contributed by atoms with Gasteiger partial charge in [0.15, 0.2) is 0 Å². The molecule has 0 aliphatic carbocycles. The number of benzene rings is 1. The van der Waals surface area contributed by atoms with Gasteiger partial charge in [-0.05, 0) is 50.2 Å². The maximum Gasteiger partial charge on any atom is 0.120 e. The smallest absolute Gasteiger partial charge is 0.120 e. The third-order valence-electron chi connectivity index (χ3n) is 3.42. The highest BCUT2D eigenvalue weighted by atomic mass is 35.5. The van der Waals surface area contributed by atoms with Crippen LogP contribution in [0.5, 0.6) is 5.75 Å². The van der Waals surface area contributed by atoms with E-state index >= 15 is 0 Å². The minimum absolute atomic E-state index is 0.309. The van der Waals surface area contributed by atoms with Crippen LogP contribution in [0.15, 0.2) is 18.2 Å². The monoisotopic (exact) mass is 254 g/mol. The molecule has 1 fully saturated rings. The van der Waals surface area contributed by atoms with E-state index in [1.165, 1.54) is 6.42 Å². The van der Waals surface area contributed by atoms with Crippen molar-refractivity contribution in [1.82, 2.24) is 10.6 Å². The fraction of sp³-hybridized carbons (Fsp3) is 0.538. The van der Waals surface area contributed by atoms with Crippen molar-refractivity contribution >= 4 is 11.6 Å². The van der Waals surface area contributed by atoms with Crippen LogP contribution in [0.3, 0.4) is 0 Å². The Morgan fingerprint density at radius 2 is 2.35 bits per heavy atom. The molecule has 17 heavy (non-hydrogen) atoms. The molecule has 2 N–H and O–H groups in total. The highest BCUT2D eigenvalue weighted by Gasteiger charge is 2.26. The normalized spacial score (nSPS) is 21.5. The molecule has 1 aromatic rings. The van der Waals surface area contributed by atoms with Crippen LogP contribution in [0.25, 0.3) is 0 Å².